The van der Waals surface area contributed by atoms with Gasteiger partial charge in [0, 0.05) is 25.2 Å². The first-order valence-electron chi connectivity index (χ1n) is 5.11. The predicted molar refractivity (Wildman–Crippen MR) is 75.3 cm³/mol. The number of benzene rings is 1. The van der Waals surface area contributed by atoms with Gasteiger partial charge in [0.05, 0.1) is 15.1 Å². The zero-order chi connectivity index (χ0) is 13.7. The van der Waals surface area contributed by atoms with Gasteiger partial charge in [0.25, 0.3) is 5.69 Å². The highest BCUT2D eigenvalue weighted by Gasteiger charge is 2.21. The fourth-order valence-corrected chi connectivity index (χ4v) is 1.96. The maximum atomic E-state index is 13.5. The Hall–Kier alpha value is -1.22. The highest BCUT2D eigenvalue weighted by molar-refractivity contribution is 14.1. The second-order valence-electron chi connectivity index (χ2n) is 3.47. The van der Waals surface area contributed by atoms with Crippen LogP contribution in [-0.2, 0) is 0 Å². The van der Waals surface area contributed by atoms with E-state index < -0.39 is 10.7 Å². The number of nitro benzene ring substituents is 1. The zero-order valence-corrected chi connectivity index (χ0v) is 11.6. The number of nitro groups is 1. The molecule has 7 heteroatoms. The van der Waals surface area contributed by atoms with E-state index in [0.717, 1.165) is 6.07 Å². The lowest BCUT2D eigenvalue weighted by Crippen LogP contribution is -2.27. The molecule has 0 atom stereocenters. The van der Waals surface area contributed by atoms with Crippen molar-refractivity contribution in [2.75, 3.05) is 24.6 Å². The van der Waals surface area contributed by atoms with E-state index in [-0.39, 0.29) is 28.1 Å². The molecule has 1 rings (SSSR count). The van der Waals surface area contributed by atoms with Gasteiger partial charge >= 0.3 is 0 Å². The van der Waals surface area contributed by atoms with Crippen LogP contribution in [0.15, 0.2) is 24.8 Å². The van der Waals surface area contributed by atoms with Crippen molar-refractivity contribution in [3.05, 3.63) is 44.3 Å². The third-order valence-electron chi connectivity index (χ3n) is 2.27. The van der Waals surface area contributed by atoms with Crippen molar-refractivity contribution in [1.29, 1.82) is 0 Å². The number of halogens is 2. The summed E-state index contributed by atoms with van der Waals surface area (Å²) in [5, 5.41) is 19.9. The lowest BCUT2D eigenvalue weighted by atomic mass is 10.2. The van der Waals surface area contributed by atoms with Crippen molar-refractivity contribution < 1.29 is 14.4 Å². The molecular formula is C11H12FIN2O3. The van der Waals surface area contributed by atoms with E-state index in [0.29, 0.717) is 6.54 Å². The second kappa shape index (κ2) is 6.64. The van der Waals surface area contributed by atoms with Crippen molar-refractivity contribution in [3.63, 3.8) is 0 Å². The molecule has 1 aromatic rings. The highest BCUT2D eigenvalue weighted by atomic mass is 127. The Kier molecular flexibility index (Phi) is 5.48. The Labute approximate surface area is 117 Å². The van der Waals surface area contributed by atoms with E-state index in [1.807, 2.05) is 0 Å². The molecule has 98 valence electrons. The van der Waals surface area contributed by atoms with Crippen LogP contribution in [0.3, 0.4) is 0 Å². The molecule has 5 nitrogen and oxygen atoms in total. The smallest absolute Gasteiger partial charge is 0.293 e. The van der Waals surface area contributed by atoms with Crippen molar-refractivity contribution >= 4 is 34.0 Å². The third kappa shape index (κ3) is 3.39. The maximum absolute atomic E-state index is 13.5. The Morgan fingerprint density at radius 2 is 2.28 bits per heavy atom. The van der Waals surface area contributed by atoms with E-state index in [9.17, 15) is 14.5 Å². The van der Waals surface area contributed by atoms with Crippen LogP contribution in [0.25, 0.3) is 0 Å². The zero-order valence-electron chi connectivity index (χ0n) is 9.47. The molecule has 0 radical (unpaired) electrons. The van der Waals surface area contributed by atoms with Gasteiger partial charge < -0.3 is 10.0 Å². The van der Waals surface area contributed by atoms with Crippen LogP contribution in [0.5, 0.6) is 0 Å². The summed E-state index contributed by atoms with van der Waals surface area (Å²) in [6.07, 6.45) is 1.54. The van der Waals surface area contributed by atoms with Gasteiger partial charge in [0.2, 0.25) is 0 Å². The van der Waals surface area contributed by atoms with Crippen LogP contribution in [0.2, 0.25) is 0 Å². The molecule has 0 bridgehead atoms. The molecule has 0 aliphatic heterocycles. The molecule has 0 unspecified atom stereocenters. The average molecular weight is 366 g/mol. The minimum Gasteiger partial charge on any atom is -0.395 e. The summed E-state index contributed by atoms with van der Waals surface area (Å²) in [7, 11) is 0. The number of aliphatic hydroxyl groups excluding tert-OH is 1. The number of nitrogens with zero attached hydrogens (tertiary/aromatic N) is 2. The number of hydrogen-bond donors (Lipinski definition) is 1. The molecule has 0 aliphatic rings. The van der Waals surface area contributed by atoms with Gasteiger partial charge in [-0.15, -0.1) is 6.58 Å². The average Bonchev–Trinajstić information content (AvgIpc) is 2.31. The van der Waals surface area contributed by atoms with Crippen molar-refractivity contribution in [2.24, 2.45) is 0 Å². The number of aliphatic hydroxyl groups is 1. The molecule has 1 aromatic carbocycles. The summed E-state index contributed by atoms with van der Waals surface area (Å²) in [5.41, 5.74) is -0.0389. The number of hydrogen-bond acceptors (Lipinski definition) is 4. The fourth-order valence-electron chi connectivity index (χ4n) is 1.51. The van der Waals surface area contributed by atoms with Crippen LogP contribution >= 0.6 is 22.6 Å². The predicted octanol–water partition coefficient (Wildman–Crippen LogP) is 2.32. The van der Waals surface area contributed by atoms with Gasteiger partial charge in [-0.25, -0.2) is 4.39 Å². The summed E-state index contributed by atoms with van der Waals surface area (Å²) < 4.78 is 13.7. The molecule has 0 aliphatic carbocycles. The van der Waals surface area contributed by atoms with Gasteiger partial charge in [0.15, 0.2) is 0 Å². The summed E-state index contributed by atoms with van der Waals surface area (Å²) in [5.74, 6) is -0.525. The van der Waals surface area contributed by atoms with Crippen molar-refractivity contribution in [1.82, 2.24) is 0 Å². The van der Waals surface area contributed by atoms with Gasteiger partial charge in [-0.3, -0.25) is 10.1 Å². The van der Waals surface area contributed by atoms with E-state index in [2.05, 4.69) is 6.58 Å². The van der Waals surface area contributed by atoms with Crippen LogP contribution in [0.4, 0.5) is 15.8 Å². The summed E-state index contributed by atoms with van der Waals surface area (Å²) in [6.45, 7) is 3.82. The van der Waals surface area contributed by atoms with Gasteiger partial charge in [-0.2, -0.15) is 0 Å². The number of anilines is 1. The Morgan fingerprint density at radius 1 is 1.61 bits per heavy atom. The van der Waals surface area contributed by atoms with E-state index in [1.165, 1.54) is 17.0 Å². The van der Waals surface area contributed by atoms with Gasteiger partial charge in [-0.05, 0) is 22.6 Å². The standard InChI is InChI=1S/C11H12FIN2O3/c1-2-3-14(4-5-16)10-6-8(12)9(13)7-11(10)15(17)18/h2,6-7,16H,1,3-5H2. The molecular weight excluding hydrogens is 354 g/mol. The van der Waals surface area contributed by atoms with E-state index in [4.69, 9.17) is 5.11 Å². The SMILES string of the molecule is C=CCN(CCO)c1cc(F)c(I)cc1[N+](=O)[O-]. The van der Waals surface area contributed by atoms with Crippen LogP contribution in [-0.4, -0.2) is 29.7 Å². The molecule has 0 saturated carbocycles. The quantitative estimate of drug-likeness (QED) is 0.363. The molecule has 0 aromatic heterocycles. The molecule has 18 heavy (non-hydrogen) atoms. The van der Waals surface area contributed by atoms with Gasteiger partial charge in [-0.1, -0.05) is 6.08 Å². The van der Waals surface area contributed by atoms with Crippen molar-refractivity contribution in [3.8, 4) is 0 Å². The molecule has 0 saturated heterocycles. The topological polar surface area (TPSA) is 66.6 Å². The lowest BCUT2D eigenvalue weighted by Gasteiger charge is -2.22. The van der Waals surface area contributed by atoms with Gasteiger partial charge in [0.1, 0.15) is 11.5 Å². The molecule has 1 N–H and O–H groups in total. The highest BCUT2D eigenvalue weighted by Crippen LogP contribution is 2.31. The largest absolute Gasteiger partial charge is 0.395 e. The van der Waals surface area contributed by atoms with Crippen LogP contribution in [0.1, 0.15) is 0 Å². The first-order valence-corrected chi connectivity index (χ1v) is 6.19. The monoisotopic (exact) mass is 366 g/mol. The molecule has 0 heterocycles. The van der Waals surface area contributed by atoms with E-state index in [1.54, 1.807) is 22.6 Å². The second-order valence-corrected chi connectivity index (χ2v) is 4.63. The lowest BCUT2D eigenvalue weighted by molar-refractivity contribution is -0.384. The molecule has 0 amide bonds. The maximum Gasteiger partial charge on any atom is 0.293 e. The summed E-state index contributed by atoms with van der Waals surface area (Å²) in [4.78, 5) is 11.9. The Bertz CT molecular complexity index is 468. The normalized spacial score (nSPS) is 10.2. The number of rotatable bonds is 6. The van der Waals surface area contributed by atoms with Crippen LogP contribution < -0.4 is 4.90 Å². The minimum absolute atomic E-state index is 0.145. The summed E-state index contributed by atoms with van der Waals surface area (Å²) in [6, 6.07) is 2.29. The Morgan fingerprint density at radius 3 is 2.78 bits per heavy atom. The van der Waals surface area contributed by atoms with Crippen molar-refractivity contribution in [2.45, 2.75) is 0 Å². The van der Waals surface area contributed by atoms with E-state index >= 15 is 0 Å². The fraction of sp³-hybridized carbons (Fsp3) is 0.273. The first-order chi connectivity index (χ1) is 8.51. The third-order valence-corrected chi connectivity index (χ3v) is 3.10. The minimum atomic E-state index is -0.565. The molecule has 0 spiro atoms. The molecule has 0 fully saturated rings. The first kappa shape index (κ1) is 14.8. The summed E-state index contributed by atoms with van der Waals surface area (Å²) >= 11 is 1.70. The Balaban J connectivity index is 3.29. The van der Waals surface area contributed by atoms with Crippen LogP contribution in [0, 0.1) is 19.5 Å².